The third-order valence-electron chi connectivity index (χ3n) is 2.67. The van der Waals surface area contributed by atoms with Gasteiger partial charge in [0, 0.05) is 19.5 Å². The van der Waals surface area contributed by atoms with Gasteiger partial charge in [-0.2, -0.15) is 0 Å². The van der Waals surface area contributed by atoms with Crippen LogP contribution in [0.15, 0.2) is 48.6 Å². The van der Waals surface area contributed by atoms with Gasteiger partial charge in [0.2, 0.25) is 0 Å². The molecule has 2 aliphatic carbocycles. The average Bonchev–Trinajstić information content (AvgIpc) is 2.15. The van der Waals surface area contributed by atoms with E-state index in [9.17, 15) is 0 Å². The van der Waals surface area contributed by atoms with Crippen LogP contribution < -0.4 is 0 Å². The summed E-state index contributed by atoms with van der Waals surface area (Å²) >= 11 is 0. The summed E-state index contributed by atoms with van der Waals surface area (Å²) in [5.41, 5.74) is 0. The molecule has 0 saturated carbocycles. The van der Waals surface area contributed by atoms with Crippen LogP contribution in [0.5, 0.6) is 0 Å². The molecule has 2 aliphatic rings. The molecule has 2 rings (SSSR count). The minimum atomic E-state index is 0. The van der Waals surface area contributed by atoms with Crippen LogP contribution in [-0.4, -0.2) is 24.4 Å². The molecule has 0 aliphatic heterocycles. The zero-order valence-electron chi connectivity index (χ0n) is 11.1. The third-order valence-corrected chi connectivity index (χ3v) is 2.67. The van der Waals surface area contributed by atoms with Crippen molar-refractivity contribution in [3.05, 3.63) is 48.6 Å². The van der Waals surface area contributed by atoms with Crippen LogP contribution in [0.25, 0.3) is 0 Å². The van der Waals surface area contributed by atoms with E-state index in [4.69, 9.17) is 0 Å². The molecular formula is C16H24RhSb+3. The van der Waals surface area contributed by atoms with E-state index in [-0.39, 0.29) is 43.9 Å². The monoisotopic (exact) mass is 440 g/mol. The second-order valence-electron chi connectivity index (χ2n) is 4.20. The molecule has 0 bridgehead atoms. The Morgan fingerprint density at radius 3 is 0.556 bits per heavy atom. The first-order valence-electron chi connectivity index (χ1n) is 6.60. The van der Waals surface area contributed by atoms with E-state index in [2.05, 4.69) is 48.6 Å². The molecule has 2 heteroatoms. The van der Waals surface area contributed by atoms with Crippen molar-refractivity contribution in [1.29, 1.82) is 0 Å². The van der Waals surface area contributed by atoms with Gasteiger partial charge >= 0.3 is 24.4 Å². The van der Waals surface area contributed by atoms with Crippen molar-refractivity contribution in [2.75, 3.05) is 0 Å². The Bertz CT molecular complexity index is 184. The summed E-state index contributed by atoms with van der Waals surface area (Å²) in [6.45, 7) is 0. The first-order valence-corrected chi connectivity index (χ1v) is 6.60. The van der Waals surface area contributed by atoms with Crippen molar-refractivity contribution >= 4 is 24.4 Å². The predicted molar refractivity (Wildman–Crippen MR) is 79.3 cm³/mol. The molecule has 3 radical (unpaired) electrons. The van der Waals surface area contributed by atoms with E-state index in [1.165, 1.54) is 51.4 Å². The maximum atomic E-state index is 2.27. The summed E-state index contributed by atoms with van der Waals surface area (Å²) in [5.74, 6) is 0. The number of allylic oxidation sites excluding steroid dienone is 8. The van der Waals surface area contributed by atoms with Crippen molar-refractivity contribution in [2.45, 2.75) is 51.4 Å². The molecule has 18 heavy (non-hydrogen) atoms. The molecule has 0 aromatic carbocycles. The van der Waals surface area contributed by atoms with Crippen LogP contribution in [0, 0.1) is 0 Å². The summed E-state index contributed by atoms with van der Waals surface area (Å²) in [5, 5.41) is 0. The van der Waals surface area contributed by atoms with Crippen LogP contribution in [0.3, 0.4) is 0 Å². The minimum Gasteiger partial charge on any atom is -0.0882 e. The van der Waals surface area contributed by atoms with Crippen molar-refractivity contribution in [1.82, 2.24) is 0 Å². The number of rotatable bonds is 0. The molecule has 0 aromatic heterocycles. The van der Waals surface area contributed by atoms with Gasteiger partial charge in [0.1, 0.15) is 0 Å². The van der Waals surface area contributed by atoms with E-state index in [1.54, 1.807) is 0 Å². The summed E-state index contributed by atoms with van der Waals surface area (Å²) in [6.07, 6.45) is 28.0. The van der Waals surface area contributed by atoms with Gasteiger partial charge in [0.05, 0.1) is 0 Å². The van der Waals surface area contributed by atoms with E-state index in [1.807, 2.05) is 0 Å². The second kappa shape index (κ2) is 17.4. The zero-order chi connectivity index (χ0) is 11.3. The van der Waals surface area contributed by atoms with Crippen LogP contribution in [-0.2, 0) is 19.5 Å². The topological polar surface area (TPSA) is 0 Å². The predicted octanol–water partition coefficient (Wildman–Crippen LogP) is 4.96. The molecule has 0 heterocycles. The van der Waals surface area contributed by atoms with Gasteiger partial charge in [0.25, 0.3) is 0 Å². The number of hydrogen-bond donors (Lipinski definition) is 0. The van der Waals surface area contributed by atoms with E-state index in [0.717, 1.165) is 0 Å². The second-order valence-corrected chi connectivity index (χ2v) is 4.20. The van der Waals surface area contributed by atoms with Gasteiger partial charge in [-0.05, 0) is 51.4 Å². The summed E-state index contributed by atoms with van der Waals surface area (Å²) in [6, 6.07) is 0. The zero-order valence-corrected chi connectivity index (χ0v) is 15.2. The van der Waals surface area contributed by atoms with Crippen LogP contribution >= 0.6 is 0 Å². The molecular weight excluding hydrogens is 417 g/mol. The largest absolute Gasteiger partial charge is 3.00 e. The van der Waals surface area contributed by atoms with Gasteiger partial charge in [-0.15, -0.1) is 0 Å². The van der Waals surface area contributed by atoms with Gasteiger partial charge in [-0.1, -0.05) is 48.6 Å². The molecule has 0 saturated heterocycles. The summed E-state index contributed by atoms with van der Waals surface area (Å²) in [4.78, 5) is 0. The van der Waals surface area contributed by atoms with Crippen LogP contribution in [0.4, 0.5) is 0 Å². The van der Waals surface area contributed by atoms with Crippen LogP contribution in [0.1, 0.15) is 51.4 Å². The maximum absolute atomic E-state index is 2.27. The molecule has 0 amide bonds. The van der Waals surface area contributed by atoms with Crippen molar-refractivity contribution in [3.63, 3.8) is 0 Å². The van der Waals surface area contributed by atoms with Gasteiger partial charge < -0.3 is 0 Å². The SMILES string of the molecule is C1=CCCC=CCC1.C1=CCCC=CCC1.[Rh].[Sb+3]. The minimum absolute atomic E-state index is 0. The maximum Gasteiger partial charge on any atom is 3.00 e. The fourth-order valence-corrected chi connectivity index (χ4v) is 1.71. The average molecular weight is 441 g/mol. The Morgan fingerprint density at radius 1 is 0.333 bits per heavy atom. The first kappa shape index (κ1) is 20.7. The summed E-state index contributed by atoms with van der Waals surface area (Å²) < 4.78 is 0. The quantitative estimate of drug-likeness (QED) is 0.369. The molecule has 0 aromatic rings. The fourth-order valence-electron chi connectivity index (χ4n) is 1.71. The molecule has 0 nitrogen and oxygen atoms in total. The van der Waals surface area contributed by atoms with E-state index in [0.29, 0.717) is 0 Å². The third kappa shape index (κ3) is 14.5. The molecule has 0 unspecified atom stereocenters. The van der Waals surface area contributed by atoms with E-state index >= 15 is 0 Å². The normalized spacial score (nSPS) is 17.8. The summed E-state index contributed by atoms with van der Waals surface area (Å²) in [7, 11) is 0. The Kier molecular flexibility index (Phi) is 20.0. The molecule has 0 spiro atoms. The van der Waals surface area contributed by atoms with Crippen molar-refractivity contribution < 1.29 is 19.5 Å². The Morgan fingerprint density at radius 2 is 0.444 bits per heavy atom. The Hall–Kier alpha value is 0.402. The molecule has 99 valence electrons. The Balaban J connectivity index is 0. The smallest absolute Gasteiger partial charge is 0.0882 e. The molecule has 0 N–H and O–H groups in total. The van der Waals surface area contributed by atoms with Gasteiger partial charge in [-0.3, -0.25) is 0 Å². The van der Waals surface area contributed by atoms with E-state index < -0.39 is 0 Å². The Labute approximate surface area is 143 Å². The fraction of sp³-hybridized carbons (Fsp3) is 0.500. The van der Waals surface area contributed by atoms with Crippen LogP contribution in [0.2, 0.25) is 0 Å². The standard InChI is InChI=1S/2C8H12.Rh.Sb/c2*1-2-4-6-8-7-5-3-1;;/h2*1-2,7-8H,3-6H2;;/q;;;+3. The van der Waals surface area contributed by atoms with Crippen molar-refractivity contribution in [3.8, 4) is 0 Å². The van der Waals surface area contributed by atoms with Gasteiger partial charge in [-0.25, -0.2) is 0 Å². The first-order chi connectivity index (χ1) is 8.00. The van der Waals surface area contributed by atoms with Crippen molar-refractivity contribution in [2.24, 2.45) is 0 Å². The number of hydrogen-bond acceptors (Lipinski definition) is 0. The molecule has 0 atom stereocenters. The van der Waals surface area contributed by atoms with Gasteiger partial charge in [0.15, 0.2) is 0 Å². The molecule has 0 fully saturated rings.